The van der Waals surface area contributed by atoms with E-state index in [1.165, 1.54) is 0 Å². The van der Waals surface area contributed by atoms with Crippen LogP contribution in [0.1, 0.15) is 32.3 Å². The summed E-state index contributed by atoms with van der Waals surface area (Å²) in [5.74, 6) is 0.188. The quantitative estimate of drug-likeness (QED) is 0.614. The summed E-state index contributed by atoms with van der Waals surface area (Å²) in [4.78, 5) is 11.7. The number of nitrogens with zero attached hydrogens (tertiary/aromatic N) is 2. The highest BCUT2D eigenvalue weighted by Gasteiger charge is 2.28. The minimum atomic E-state index is 0.0255. The maximum atomic E-state index is 11.7. The molecule has 0 aliphatic heterocycles. The lowest BCUT2D eigenvalue weighted by Gasteiger charge is -2.31. The van der Waals surface area contributed by atoms with Crippen LogP contribution in [-0.4, -0.2) is 24.1 Å². The van der Waals surface area contributed by atoms with E-state index in [1.807, 2.05) is 43.6 Å². The molecule has 0 saturated carbocycles. The average molecular weight is 256 g/mol. The molecule has 0 amide bonds. The fourth-order valence-electron chi connectivity index (χ4n) is 2.29. The van der Waals surface area contributed by atoms with E-state index in [9.17, 15) is 4.79 Å². The van der Waals surface area contributed by atoms with Gasteiger partial charge < -0.3 is 0 Å². The van der Waals surface area contributed by atoms with E-state index in [2.05, 4.69) is 18.9 Å². The Kier molecular flexibility index (Phi) is 3.84. The van der Waals surface area contributed by atoms with Crippen LogP contribution >= 0.6 is 0 Å². The van der Waals surface area contributed by atoms with Crippen molar-refractivity contribution in [2.24, 2.45) is 10.5 Å². The lowest BCUT2D eigenvalue weighted by molar-refractivity contribution is -0.117. The lowest BCUT2D eigenvalue weighted by Crippen LogP contribution is -2.27. The van der Waals surface area contributed by atoms with E-state index in [4.69, 9.17) is 0 Å². The molecule has 0 spiro atoms. The molecular formula is C16H20N2O. The van der Waals surface area contributed by atoms with Gasteiger partial charge in [0, 0.05) is 25.2 Å². The number of carbonyl (C=O) groups is 1. The van der Waals surface area contributed by atoms with Gasteiger partial charge in [0.2, 0.25) is 0 Å². The first-order valence-corrected chi connectivity index (χ1v) is 6.52. The summed E-state index contributed by atoms with van der Waals surface area (Å²) in [7, 11) is 1.89. The van der Waals surface area contributed by atoms with Crippen molar-refractivity contribution in [2.75, 3.05) is 7.05 Å². The summed E-state index contributed by atoms with van der Waals surface area (Å²) in [5.41, 5.74) is 2.06. The van der Waals surface area contributed by atoms with Crippen molar-refractivity contribution < 1.29 is 4.79 Å². The van der Waals surface area contributed by atoms with Crippen molar-refractivity contribution in [3.63, 3.8) is 0 Å². The Hall–Kier alpha value is -1.90. The van der Waals surface area contributed by atoms with Crippen molar-refractivity contribution in [2.45, 2.75) is 26.7 Å². The Balaban J connectivity index is 2.10. The van der Waals surface area contributed by atoms with Gasteiger partial charge in [-0.1, -0.05) is 44.2 Å². The summed E-state index contributed by atoms with van der Waals surface area (Å²) >= 11 is 0. The molecule has 2 rings (SSSR count). The third-order valence-corrected chi connectivity index (χ3v) is 3.24. The maximum absolute atomic E-state index is 11.7. The van der Waals surface area contributed by atoms with Gasteiger partial charge in [0.15, 0.2) is 5.78 Å². The average Bonchev–Trinajstić information content (AvgIpc) is 2.34. The van der Waals surface area contributed by atoms with Crippen molar-refractivity contribution in [1.29, 1.82) is 0 Å². The van der Waals surface area contributed by atoms with E-state index >= 15 is 0 Å². The second-order valence-electron chi connectivity index (χ2n) is 5.80. The van der Waals surface area contributed by atoms with Crippen molar-refractivity contribution in [1.82, 2.24) is 5.01 Å². The molecule has 3 heteroatoms. The van der Waals surface area contributed by atoms with Crippen LogP contribution < -0.4 is 0 Å². The highest BCUT2D eigenvalue weighted by molar-refractivity contribution is 5.91. The number of hydrazone groups is 1. The number of benzene rings is 1. The first kappa shape index (κ1) is 13.5. The van der Waals surface area contributed by atoms with Gasteiger partial charge in [-0.25, -0.2) is 0 Å². The number of hydrogen-bond donors (Lipinski definition) is 0. The van der Waals surface area contributed by atoms with Crippen LogP contribution in [0.5, 0.6) is 0 Å². The Labute approximate surface area is 114 Å². The second kappa shape index (κ2) is 5.39. The van der Waals surface area contributed by atoms with Gasteiger partial charge in [0.05, 0.1) is 6.21 Å². The molecular weight excluding hydrogens is 236 g/mol. The summed E-state index contributed by atoms with van der Waals surface area (Å²) in [6.45, 7) is 4.24. The molecule has 1 aromatic rings. The molecule has 1 aromatic carbocycles. The molecule has 0 bridgehead atoms. The third kappa shape index (κ3) is 3.78. The molecule has 1 aliphatic rings. The van der Waals surface area contributed by atoms with Crippen molar-refractivity contribution in [3.8, 4) is 0 Å². The van der Waals surface area contributed by atoms with Gasteiger partial charge in [-0.3, -0.25) is 9.80 Å². The molecule has 0 saturated heterocycles. The highest BCUT2D eigenvalue weighted by Crippen LogP contribution is 2.34. The predicted molar refractivity (Wildman–Crippen MR) is 77.9 cm³/mol. The van der Waals surface area contributed by atoms with Crippen LogP contribution in [0.25, 0.3) is 0 Å². The van der Waals surface area contributed by atoms with Crippen molar-refractivity contribution in [3.05, 3.63) is 47.7 Å². The largest absolute Gasteiger partial charge is 0.295 e. The van der Waals surface area contributed by atoms with Gasteiger partial charge in [-0.05, 0) is 17.4 Å². The zero-order chi connectivity index (χ0) is 13.9. The number of carbonyl (C=O) groups excluding carboxylic acids is 1. The van der Waals surface area contributed by atoms with Crippen LogP contribution in [0, 0.1) is 5.41 Å². The minimum Gasteiger partial charge on any atom is -0.295 e. The maximum Gasteiger partial charge on any atom is 0.158 e. The first-order valence-electron chi connectivity index (χ1n) is 6.52. The zero-order valence-corrected chi connectivity index (χ0v) is 11.8. The molecule has 0 fully saturated rings. The van der Waals surface area contributed by atoms with Crippen molar-refractivity contribution >= 4 is 12.0 Å². The molecule has 0 atom stereocenters. The van der Waals surface area contributed by atoms with Gasteiger partial charge in [0.25, 0.3) is 0 Å². The molecule has 0 aromatic heterocycles. The number of hydrogen-bond acceptors (Lipinski definition) is 3. The zero-order valence-electron chi connectivity index (χ0n) is 11.8. The molecule has 0 unspecified atom stereocenters. The smallest absolute Gasteiger partial charge is 0.158 e. The Morgan fingerprint density at radius 3 is 2.53 bits per heavy atom. The standard InChI is InChI=1S/C16H20N2O/c1-16(2)10-14(9-15(19)11-16)18(3)17-12-13-7-5-4-6-8-13/h4-9,12H,10-11H2,1-3H3/b17-12+. The fraction of sp³-hybridized carbons (Fsp3) is 0.375. The second-order valence-corrected chi connectivity index (χ2v) is 5.80. The molecule has 100 valence electrons. The Bertz CT molecular complexity index is 515. The molecule has 0 radical (unpaired) electrons. The van der Waals surface area contributed by atoms with Crippen LogP contribution in [-0.2, 0) is 4.79 Å². The molecule has 3 nitrogen and oxygen atoms in total. The number of rotatable bonds is 3. The number of allylic oxidation sites excluding steroid dienone is 2. The van der Waals surface area contributed by atoms with E-state index in [-0.39, 0.29) is 11.2 Å². The third-order valence-electron chi connectivity index (χ3n) is 3.24. The van der Waals surface area contributed by atoms with E-state index in [1.54, 1.807) is 11.1 Å². The van der Waals surface area contributed by atoms with Crippen LogP contribution in [0.3, 0.4) is 0 Å². The van der Waals surface area contributed by atoms with Crippen LogP contribution in [0.15, 0.2) is 47.2 Å². The first-order chi connectivity index (χ1) is 8.96. The van der Waals surface area contributed by atoms with Gasteiger partial charge in [-0.15, -0.1) is 0 Å². The Morgan fingerprint density at radius 2 is 1.89 bits per heavy atom. The van der Waals surface area contributed by atoms with Gasteiger partial charge in [0.1, 0.15) is 0 Å². The lowest BCUT2D eigenvalue weighted by atomic mass is 9.79. The van der Waals surface area contributed by atoms with E-state index in [0.29, 0.717) is 6.42 Å². The van der Waals surface area contributed by atoms with Gasteiger partial charge in [-0.2, -0.15) is 5.10 Å². The monoisotopic (exact) mass is 256 g/mol. The van der Waals surface area contributed by atoms with Crippen LogP contribution in [0.4, 0.5) is 0 Å². The van der Waals surface area contributed by atoms with Gasteiger partial charge >= 0.3 is 0 Å². The van der Waals surface area contributed by atoms with E-state index < -0.39 is 0 Å². The van der Waals surface area contributed by atoms with E-state index in [0.717, 1.165) is 17.7 Å². The summed E-state index contributed by atoms with van der Waals surface area (Å²) < 4.78 is 0. The fourth-order valence-corrected chi connectivity index (χ4v) is 2.29. The summed E-state index contributed by atoms with van der Waals surface area (Å²) in [5, 5.41) is 6.20. The topological polar surface area (TPSA) is 32.7 Å². The molecule has 19 heavy (non-hydrogen) atoms. The molecule has 0 heterocycles. The summed E-state index contributed by atoms with van der Waals surface area (Å²) in [6, 6.07) is 9.94. The molecule has 0 N–H and O–H groups in total. The summed E-state index contributed by atoms with van der Waals surface area (Å²) in [6.07, 6.45) is 5.02. The minimum absolute atomic E-state index is 0.0255. The van der Waals surface area contributed by atoms with Crippen LogP contribution in [0.2, 0.25) is 0 Å². The molecule has 1 aliphatic carbocycles. The Morgan fingerprint density at radius 1 is 1.21 bits per heavy atom. The predicted octanol–water partition coefficient (Wildman–Crippen LogP) is 3.23. The SMILES string of the molecule is CN(/N=C/c1ccccc1)C1=CC(=O)CC(C)(C)C1. The number of ketones is 1. The normalized spacial score (nSPS) is 18.5. The highest BCUT2D eigenvalue weighted by atomic mass is 16.1.